The smallest absolute Gasteiger partial charge is 0.254 e. The van der Waals surface area contributed by atoms with Gasteiger partial charge < -0.3 is 10.2 Å². The monoisotopic (exact) mass is 333 g/mol. The van der Waals surface area contributed by atoms with E-state index in [9.17, 15) is 14.0 Å². The summed E-state index contributed by atoms with van der Waals surface area (Å²) in [7, 11) is 0. The Labute approximate surface area is 137 Å². The van der Waals surface area contributed by atoms with Crippen LogP contribution in [0.2, 0.25) is 0 Å². The highest BCUT2D eigenvalue weighted by molar-refractivity contribution is 7.15. The first-order valence-corrected chi connectivity index (χ1v) is 8.13. The molecule has 2 aromatic rings. The van der Waals surface area contributed by atoms with Crippen LogP contribution in [0.1, 0.15) is 28.1 Å². The van der Waals surface area contributed by atoms with Crippen molar-refractivity contribution < 1.29 is 14.0 Å². The zero-order valence-corrected chi connectivity index (χ0v) is 13.4. The molecule has 1 aliphatic rings. The van der Waals surface area contributed by atoms with Gasteiger partial charge in [0.15, 0.2) is 5.13 Å². The molecule has 3 rings (SSSR count). The Morgan fingerprint density at radius 3 is 2.83 bits per heavy atom. The normalized spacial score (nSPS) is 13.7. The molecular formula is C16H16FN3O2S. The number of rotatable bonds is 5. The van der Waals surface area contributed by atoms with E-state index in [4.69, 9.17) is 0 Å². The Morgan fingerprint density at radius 1 is 1.43 bits per heavy atom. The number of amides is 2. The second-order valence-corrected chi connectivity index (χ2v) is 6.73. The third-order valence-electron chi connectivity index (χ3n) is 3.50. The van der Waals surface area contributed by atoms with Gasteiger partial charge in [-0.15, -0.1) is 11.3 Å². The van der Waals surface area contributed by atoms with Crippen LogP contribution < -0.4 is 5.32 Å². The van der Waals surface area contributed by atoms with Gasteiger partial charge in [0.05, 0.1) is 0 Å². The predicted octanol–water partition coefficient (Wildman–Crippen LogP) is 2.83. The number of thiazole rings is 1. The minimum atomic E-state index is -0.464. The number of benzene rings is 1. The number of carbonyl (C=O) groups is 2. The maximum atomic E-state index is 13.3. The van der Waals surface area contributed by atoms with Gasteiger partial charge in [0.25, 0.3) is 5.91 Å². The molecule has 1 saturated carbocycles. The quantitative estimate of drug-likeness (QED) is 0.915. The van der Waals surface area contributed by atoms with Crippen molar-refractivity contribution in [3.63, 3.8) is 0 Å². The number of anilines is 1. The first kappa shape index (κ1) is 15.6. The second kappa shape index (κ2) is 6.45. The summed E-state index contributed by atoms with van der Waals surface area (Å²) in [5, 5.41) is 3.21. The lowest BCUT2D eigenvalue weighted by molar-refractivity contribution is -0.117. The molecule has 1 aromatic carbocycles. The highest BCUT2D eigenvalue weighted by atomic mass is 32.1. The van der Waals surface area contributed by atoms with Crippen molar-refractivity contribution in [2.75, 3.05) is 11.9 Å². The number of aryl methyl sites for hydroxylation is 1. The largest absolute Gasteiger partial charge is 0.326 e. The third kappa shape index (κ3) is 3.92. The van der Waals surface area contributed by atoms with E-state index in [1.165, 1.54) is 34.4 Å². The average Bonchev–Trinajstić information content (AvgIpc) is 3.27. The van der Waals surface area contributed by atoms with Gasteiger partial charge >= 0.3 is 0 Å². The molecule has 23 heavy (non-hydrogen) atoms. The molecule has 0 radical (unpaired) electrons. The molecule has 1 aromatic heterocycles. The van der Waals surface area contributed by atoms with Crippen LogP contribution in [0.25, 0.3) is 0 Å². The van der Waals surface area contributed by atoms with E-state index in [1.54, 1.807) is 12.3 Å². The van der Waals surface area contributed by atoms with Crippen LogP contribution in [0.5, 0.6) is 0 Å². The van der Waals surface area contributed by atoms with Crippen molar-refractivity contribution in [3.05, 3.63) is 46.7 Å². The summed E-state index contributed by atoms with van der Waals surface area (Å²) in [6.07, 6.45) is 3.41. The lowest BCUT2D eigenvalue weighted by Crippen LogP contribution is -2.39. The molecule has 1 heterocycles. The summed E-state index contributed by atoms with van der Waals surface area (Å²) >= 11 is 1.38. The molecule has 5 nitrogen and oxygen atoms in total. The van der Waals surface area contributed by atoms with E-state index in [2.05, 4.69) is 10.3 Å². The van der Waals surface area contributed by atoms with Crippen LogP contribution in [0.3, 0.4) is 0 Å². The SMILES string of the molecule is Cc1cnc(NC(=O)CN(C(=O)c2cccc(F)c2)C2CC2)s1. The van der Waals surface area contributed by atoms with E-state index in [1.807, 2.05) is 6.92 Å². The number of halogens is 1. The minimum Gasteiger partial charge on any atom is -0.326 e. The van der Waals surface area contributed by atoms with Crippen LogP contribution in [-0.4, -0.2) is 34.3 Å². The Hall–Kier alpha value is -2.28. The van der Waals surface area contributed by atoms with E-state index in [-0.39, 0.29) is 30.0 Å². The lowest BCUT2D eigenvalue weighted by Gasteiger charge is -2.21. The van der Waals surface area contributed by atoms with Gasteiger partial charge in [-0.1, -0.05) is 6.07 Å². The highest BCUT2D eigenvalue weighted by Crippen LogP contribution is 2.28. The summed E-state index contributed by atoms with van der Waals surface area (Å²) in [5.74, 6) is -1.08. The van der Waals surface area contributed by atoms with Crippen molar-refractivity contribution in [2.45, 2.75) is 25.8 Å². The van der Waals surface area contributed by atoms with Gasteiger partial charge in [-0.3, -0.25) is 9.59 Å². The van der Waals surface area contributed by atoms with E-state index in [0.29, 0.717) is 5.13 Å². The maximum Gasteiger partial charge on any atom is 0.254 e. The van der Waals surface area contributed by atoms with Crippen molar-refractivity contribution in [3.8, 4) is 0 Å². The topological polar surface area (TPSA) is 62.3 Å². The Kier molecular flexibility index (Phi) is 4.38. The molecule has 1 N–H and O–H groups in total. The Morgan fingerprint density at radius 2 is 2.22 bits per heavy atom. The summed E-state index contributed by atoms with van der Waals surface area (Å²) in [6.45, 7) is 1.84. The first-order valence-electron chi connectivity index (χ1n) is 7.32. The summed E-state index contributed by atoms with van der Waals surface area (Å²) < 4.78 is 13.3. The molecule has 0 spiro atoms. The molecule has 0 atom stereocenters. The number of aromatic nitrogens is 1. The fraction of sp³-hybridized carbons (Fsp3) is 0.312. The third-order valence-corrected chi connectivity index (χ3v) is 4.33. The Bertz CT molecular complexity index is 742. The summed E-state index contributed by atoms with van der Waals surface area (Å²) in [4.78, 5) is 31.3. The molecular weight excluding hydrogens is 317 g/mol. The fourth-order valence-corrected chi connectivity index (χ4v) is 2.95. The molecule has 7 heteroatoms. The summed E-state index contributed by atoms with van der Waals surface area (Å²) in [6, 6.07) is 5.58. The number of nitrogens with zero attached hydrogens (tertiary/aromatic N) is 2. The highest BCUT2D eigenvalue weighted by Gasteiger charge is 2.34. The van der Waals surface area contributed by atoms with Gasteiger partial charge in [-0.05, 0) is 38.0 Å². The van der Waals surface area contributed by atoms with Crippen LogP contribution in [-0.2, 0) is 4.79 Å². The number of hydrogen-bond donors (Lipinski definition) is 1. The fourth-order valence-electron chi connectivity index (χ4n) is 2.27. The average molecular weight is 333 g/mol. The predicted molar refractivity (Wildman–Crippen MR) is 85.9 cm³/mol. The van der Waals surface area contributed by atoms with Gasteiger partial charge in [0.2, 0.25) is 5.91 Å². The minimum absolute atomic E-state index is 0.0505. The molecule has 1 aliphatic carbocycles. The number of nitrogens with one attached hydrogen (secondary N) is 1. The zero-order chi connectivity index (χ0) is 16.4. The number of hydrogen-bond acceptors (Lipinski definition) is 4. The molecule has 0 aliphatic heterocycles. The molecule has 2 amide bonds. The van der Waals surface area contributed by atoms with Crippen LogP contribution in [0.4, 0.5) is 9.52 Å². The van der Waals surface area contributed by atoms with Gasteiger partial charge in [0, 0.05) is 22.7 Å². The molecule has 1 fully saturated rings. The van der Waals surface area contributed by atoms with Gasteiger partial charge in [0.1, 0.15) is 12.4 Å². The van der Waals surface area contributed by atoms with Crippen LogP contribution >= 0.6 is 11.3 Å². The standard InChI is InChI=1S/C16H16FN3O2S/c1-10-8-18-16(23-10)19-14(21)9-20(13-5-6-13)15(22)11-3-2-4-12(17)7-11/h2-4,7-8,13H,5-6,9H2,1H3,(H,18,19,21). The lowest BCUT2D eigenvalue weighted by atomic mass is 10.2. The van der Waals surface area contributed by atoms with Gasteiger partial charge in [-0.25, -0.2) is 9.37 Å². The molecule has 0 bridgehead atoms. The molecule has 120 valence electrons. The van der Waals surface area contributed by atoms with E-state index in [0.717, 1.165) is 17.7 Å². The van der Waals surface area contributed by atoms with Crippen molar-refractivity contribution in [1.29, 1.82) is 0 Å². The van der Waals surface area contributed by atoms with Crippen molar-refractivity contribution in [2.24, 2.45) is 0 Å². The first-order chi connectivity index (χ1) is 11.0. The Balaban J connectivity index is 1.69. The summed E-state index contributed by atoms with van der Waals surface area (Å²) in [5.41, 5.74) is 0.259. The van der Waals surface area contributed by atoms with Crippen molar-refractivity contribution >= 4 is 28.3 Å². The molecule has 0 saturated heterocycles. The maximum absolute atomic E-state index is 13.3. The number of carbonyl (C=O) groups excluding carboxylic acids is 2. The molecule has 0 unspecified atom stereocenters. The second-order valence-electron chi connectivity index (χ2n) is 5.50. The van der Waals surface area contributed by atoms with E-state index >= 15 is 0 Å². The van der Waals surface area contributed by atoms with Crippen LogP contribution in [0.15, 0.2) is 30.5 Å². The van der Waals surface area contributed by atoms with Crippen molar-refractivity contribution in [1.82, 2.24) is 9.88 Å². The zero-order valence-electron chi connectivity index (χ0n) is 12.6. The van der Waals surface area contributed by atoms with Gasteiger partial charge in [-0.2, -0.15) is 0 Å². The van der Waals surface area contributed by atoms with E-state index < -0.39 is 5.82 Å². The van der Waals surface area contributed by atoms with Crippen LogP contribution in [0, 0.1) is 12.7 Å².